The molecule has 0 radical (unpaired) electrons. The molecule has 0 saturated carbocycles. The molecule has 1 heterocycles. The molecule has 0 aliphatic heterocycles. The quantitative estimate of drug-likeness (QED) is 0.483. The number of carbonyl (C=O) groups is 3. The van der Waals surface area contributed by atoms with Gasteiger partial charge in [0.25, 0.3) is 5.91 Å². The number of anilines is 1. The molecule has 0 saturated heterocycles. The summed E-state index contributed by atoms with van der Waals surface area (Å²) < 4.78 is 0. The average Bonchev–Trinajstić information content (AvgIpc) is 2.70. The number of halogens is 2. The molecular weight excluding hydrogens is 429 g/mol. The van der Waals surface area contributed by atoms with Gasteiger partial charge in [0.2, 0.25) is 11.8 Å². The van der Waals surface area contributed by atoms with Crippen molar-refractivity contribution in [3.63, 3.8) is 0 Å². The molecule has 3 amide bonds. The van der Waals surface area contributed by atoms with Crippen molar-refractivity contribution in [1.29, 1.82) is 0 Å². The topological polar surface area (TPSA) is 126 Å². The van der Waals surface area contributed by atoms with E-state index in [-0.39, 0.29) is 61.5 Å². The Labute approximate surface area is 188 Å². The van der Waals surface area contributed by atoms with Gasteiger partial charge >= 0.3 is 0 Å². The van der Waals surface area contributed by atoms with Gasteiger partial charge in [0.1, 0.15) is 0 Å². The van der Waals surface area contributed by atoms with E-state index in [1.165, 1.54) is 0 Å². The third kappa shape index (κ3) is 8.77. The van der Waals surface area contributed by atoms with Crippen molar-refractivity contribution in [2.24, 2.45) is 11.7 Å². The van der Waals surface area contributed by atoms with Crippen molar-refractivity contribution >= 4 is 48.2 Å². The summed E-state index contributed by atoms with van der Waals surface area (Å²) in [6, 6.07) is 9.71. The lowest BCUT2D eigenvalue weighted by Crippen LogP contribution is -2.47. The minimum Gasteiger partial charge on any atom is -0.350 e. The monoisotopic (exact) mass is 455 g/mol. The van der Waals surface area contributed by atoms with Gasteiger partial charge in [-0.2, -0.15) is 0 Å². The predicted molar refractivity (Wildman–Crippen MR) is 121 cm³/mol. The maximum Gasteiger partial charge on any atom is 0.255 e. The molecule has 0 aliphatic carbocycles. The minimum absolute atomic E-state index is 0. The van der Waals surface area contributed by atoms with Crippen molar-refractivity contribution in [1.82, 2.24) is 15.6 Å². The lowest BCUT2D eigenvalue weighted by atomic mass is 10.1. The van der Waals surface area contributed by atoms with E-state index in [1.807, 2.05) is 13.8 Å². The Hall–Kier alpha value is -2.68. The number of amides is 3. The van der Waals surface area contributed by atoms with E-state index in [1.54, 1.807) is 48.8 Å². The second-order valence-corrected chi connectivity index (χ2v) is 6.66. The summed E-state index contributed by atoms with van der Waals surface area (Å²) in [5, 5.41) is 7.97. The number of carbonyl (C=O) groups excluding carboxylic acids is 3. The molecular formula is C20H27Cl2N5O3. The molecule has 5 N–H and O–H groups in total. The van der Waals surface area contributed by atoms with Crippen LogP contribution in [0.15, 0.2) is 48.8 Å². The largest absolute Gasteiger partial charge is 0.350 e. The number of rotatable bonds is 8. The average molecular weight is 456 g/mol. The standard InChI is InChI=1S/C20H25N5O3.2ClH/c1-13(2)18(21)20(28)24-12-17(26)23-10-14-5-7-15(8-6-14)19(27)25-16-4-3-9-22-11-16;;/h3-9,11,13,18H,10,12,21H2,1-2H3,(H,23,26)(H,24,28)(H,25,27);2*1H/t18-;;/m0../s1. The zero-order valence-corrected chi connectivity index (χ0v) is 18.4. The summed E-state index contributed by atoms with van der Waals surface area (Å²) >= 11 is 0. The summed E-state index contributed by atoms with van der Waals surface area (Å²) in [6.07, 6.45) is 3.19. The highest BCUT2D eigenvalue weighted by atomic mass is 35.5. The van der Waals surface area contributed by atoms with Gasteiger partial charge < -0.3 is 21.7 Å². The summed E-state index contributed by atoms with van der Waals surface area (Å²) in [5.74, 6) is -0.915. The first-order valence-electron chi connectivity index (χ1n) is 8.97. The number of hydrogen-bond acceptors (Lipinski definition) is 5. The molecule has 8 nitrogen and oxygen atoms in total. The first kappa shape index (κ1) is 27.3. The number of pyridine rings is 1. The van der Waals surface area contributed by atoms with Gasteiger partial charge in [-0.05, 0) is 35.7 Å². The Morgan fingerprint density at radius 2 is 1.70 bits per heavy atom. The molecule has 30 heavy (non-hydrogen) atoms. The number of nitrogens with zero attached hydrogens (tertiary/aromatic N) is 1. The highest BCUT2D eigenvalue weighted by molar-refractivity contribution is 6.04. The van der Waals surface area contributed by atoms with E-state index >= 15 is 0 Å². The lowest BCUT2D eigenvalue weighted by molar-refractivity contribution is -0.127. The zero-order chi connectivity index (χ0) is 20.5. The summed E-state index contributed by atoms with van der Waals surface area (Å²) in [4.78, 5) is 39.7. The van der Waals surface area contributed by atoms with E-state index in [2.05, 4.69) is 20.9 Å². The van der Waals surface area contributed by atoms with E-state index < -0.39 is 6.04 Å². The summed E-state index contributed by atoms with van der Waals surface area (Å²) in [7, 11) is 0. The summed E-state index contributed by atoms with van der Waals surface area (Å²) in [5.41, 5.74) is 7.66. The number of aromatic nitrogens is 1. The lowest BCUT2D eigenvalue weighted by Gasteiger charge is -2.15. The number of nitrogens with two attached hydrogens (primary N) is 1. The van der Waals surface area contributed by atoms with E-state index in [9.17, 15) is 14.4 Å². The Bertz CT molecular complexity index is 817. The van der Waals surface area contributed by atoms with Crippen LogP contribution in [0.1, 0.15) is 29.8 Å². The molecule has 0 bridgehead atoms. The molecule has 2 rings (SSSR count). The van der Waals surface area contributed by atoms with Crippen LogP contribution in [0.5, 0.6) is 0 Å². The molecule has 0 unspecified atom stereocenters. The van der Waals surface area contributed by atoms with Crippen LogP contribution in [0, 0.1) is 5.92 Å². The van der Waals surface area contributed by atoms with Crippen molar-refractivity contribution in [2.75, 3.05) is 11.9 Å². The Balaban J connectivity index is 0.00000420. The van der Waals surface area contributed by atoms with E-state index in [0.717, 1.165) is 5.56 Å². The van der Waals surface area contributed by atoms with Crippen molar-refractivity contribution in [3.05, 3.63) is 59.9 Å². The highest BCUT2D eigenvalue weighted by Crippen LogP contribution is 2.09. The fourth-order valence-electron chi connectivity index (χ4n) is 2.27. The second-order valence-electron chi connectivity index (χ2n) is 6.66. The first-order valence-corrected chi connectivity index (χ1v) is 8.97. The van der Waals surface area contributed by atoms with Crippen LogP contribution in [-0.2, 0) is 16.1 Å². The Morgan fingerprint density at radius 3 is 2.27 bits per heavy atom. The highest BCUT2D eigenvalue weighted by Gasteiger charge is 2.17. The third-order valence-corrected chi connectivity index (χ3v) is 4.07. The Kier molecular flexibility index (Phi) is 12.3. The van der Waals surface area contributed by atoms with E-state index in [0.29, 0.717) is 11.3 Å². The molecule has 10 heteroatoms. The maximum absolute atomic E-state index is 12.2. The minimum atomic E-state index is -0.641. The summed E-state index contributed by atoms with van der Waals surface area (Å²) in [6.45, 7) is 3.83. The predicted octanol–water partition coefficient (Wildman–Crippen LogP) is 1.89. The van der Waals surface area contributed by atoms with E-state index in [4.69, 9.17) is 5.73 Å². The first-order chi connectivity index (χ1) is 13.4. The SMILES string of the molecule is CC(C)[C@H](N)C(=O)NCC(=O)NCc1ccc(C(=O)Nc2cccnc2)cc1.Cl.Cl. The smallest absolute Gasteiger partial charge is 0.255 e. The molecule has 0 fully saturated rings. The van der Waals surface area contributed by atoms with Crippen LogP contribution in [0.25, 0.3) is 0 Å². The normalized spacial score (nSPS) is 10.8. The number of benzene rings is 1. The molecule has 1 atom stereocenters. The van der Waals surface area contributed by atoms with Gasteiger partial charge in [-0.15, -0.1) is 24.8 Å². The van der Waals surface area contributed by atoms with Gasteiger partial charge in [-0.3, -0.25) is 19.4 Å². The van der Waals surface area contributed by atoms with Crippen molar-refractivity contribution < 1.29 is 14.4 Å². The number of nitrogens with one attached hydrogen (secondary N) is 3. The van der Waals surface area contributed by atoms with Gasteiger partial charge in [-0.25, -0.2) is 0 Å². The van der Waals surface area contributed by atoms with Gasteiger partial charge in [0, 0.05) is 18.3 Å². The molecule has 1 aromatic heterocycles. The van der Waals surface area contributed by atoms with Crippen LogP contribution in [0.2, 0.25) is 0 Å². The fraction of sp³-hybridized carbons (Fsp3) is 0.300. The van der Waals surface area contributed by atoms with Crippen LogP contribution >= 0.6 is 24.8 Å². The van der Waals surface area contributed by atoms with Crippen molar-refractivity contribution in [3.8, 4) is 0 Å². The second kappa shape index (κ2) is 13.5. The molecule has 0 aliphatic rings. The number of hydrogen-bond donors (Lipinski definition) is 4. The maximum atomic E-state index is 12.2. The van der Waals surface area contributed by atoms with Crippen LogP contribution in [-0.4, -0.2) is 35.3 Å². The molecule has 2 aromatic rings. The van der Waals surface area contributed by atoms with Crippen molar-refractivity contribution in [2.45, 2.75) is 26.4 Å². The van der Waals surface area contributed by atoms with Crippen LogP contribution < -0.4 is 21.7 Å². The molecule has 1 aromatic carbocycles. The zero-order valence-electron chi connectivity index (χ0n) is 16.8. The van der Waals surface area contributed by atoms with Crippen LogP contribution in [0.4, 0.5) is 5.69 Å². The molecule has 0 spiro atoms. The van der Waals surface area contributed by atoms with Gasteiger partial charge in [-0.1, -0.05) is 26.0 Å². The Morgan fingerprint density at radius 1 is 1.03 bits per heavy atom. The fourth-order valence-corrected chi connectivity index (χ4v) is 2.27. The van der Waals surface area contributed by atoms with Gasteiger partial charge in [0.05, 0.1) is 24.5 Å². The third-order valence-electron chi connectivity index (χ3n) is 4.07. The van der Waals surface area contributed by atoms with Crippen LogP contribution in [0.3, 0.4) is 0 Å². The van der Waals surface area contributed by atoms with Gasteiger partial charge in [0.15, 0.2) is 0 Å². The molecule has 164 valence electrons.